The van der Waals surface area contributed by atoms with Crippen LogP contribution in [-0.2, 0) is 20.9 Å². The fraction of sp³-hybridized carbons (Fsp3) is 0.208. The molecule has 0 saturated carbocycles. The van der Waals surface area contributed by atoms with Crippen LogP contribution in [-0.4, -0.2) is 52.1 Å². The first kappa shape index (κ1) is 23.0. The number of para-hydroxylation sites is 1. The van der Waals surface area contributed by atoms with Gasteiger partial charge in [-0.1, -0.05) is 23.4 Å². The summed E-state index contributed by atoms with van der Waals surface area (Å²) in [4.78, 5) is 32.3. The number of nitrogens with zero attached hydrogens (tertiary/aromatic N) is 5. The summed E-state index contributed by atoms with van der Waals surface area (Å²) in [6, 6.07) is 15.0. The summed E-state index contributed by atoms with van der Waals surface area (Å²) < 4.78 is 20.7. The molecule has 34 heavy (non-hydrogen) atoms. The number of halogens is 1. The quantitative estimate of drug-likeness (QED) is 0.384. The summed E-state index contributed by atoms with van der Waals surface area (Å²) in [5.41, 5.74) is 2.06. The Balaban J connectivity index is 1.76. The molecule has 2 aromatic heterocycles. The van der Waals surface area contributed by atoms with E-state index in [1.54, 1.807) is 30.3 Å². The van der Waals surface area contributed by atoms with Gasteiger partial charge in [0.2, 0.25) is 11.8 Å². The predicted molar refractivity (Wildman–Crippen MR) is 123 cm³/mol. The molecule has 0 fully saturated rings. The van der Waals surface area contributed by atoms with Crippen molar-refractivity contribution in [3.05, 3.63) is 84.4 Å². The molecular weight excluding hydrogens is 439 g/mol. The Labute approximate surface area is 195 Å². The Morgan fingerprint density at radius 2 is 1.91 bits per heavy atom. The first-order valence-electron chi connectivity index (χ1n) is 10.6. The lowest BCUT2D eigenvalue weighted by atomic mass is 10.0. The Bertz CT molecular complexity index is 1280. The second-order valence-electron chi connectivity index (χ2n) is 7.45. The third-order valence-corrected chi connectivity index (χ3v) is 5.19. The third kappa shape index (κ3) is 5.07. The SMILES string of the molecule is COCCNC(=O)[C@@H](c1ccncc1)N(C(=O)Cn1nnc2ccccc21)c1cccc(F)c1. The van der Waals surface area contributed by atoms with Crippen LogP contribution in [0.25, 0.3) is 11.0 Å². The summed E-state index contributed by atoms with van der Waals surface area (Å²) in [6.07, 6.45) is 3.06. The van der Waals surface area contributed by atoms with Gasteiger partial charge in [-0.25, -0.2) is 9.07 Å². The van der Waals surface area contributed by atoms with Crippen LogP contribution in [0.3, 0.4) is 0 Å². The van der Waals surface area contributed by atoms with E-state index in [1.807, 2.05) is 12.1 Å². The summed E-state index contributed by atoms with van der Waals surface area (Å²) in [5.74, 6) is -1.44. The molecule has 2 aromatic carbocycles. The Hall–Kier alpha value is -4.18. The molecule has 0 bridgehead atoms. The van der Waals surface area contributed by atoms with Crippen molar-refractivity contribution >= 4 is 28.5 Å². The van der Waals surface area contributed by atoms with Gasteiger partial charge in [0.25, 0.3) is 0 Å². The number of aromatic nitrogens is 4. The smallest absolute Gasteiger partial charge is 0.249 e. The number of methoxy groups -OCH3 is 1. The number of carbonyl (C=O) groups is 2. The third-order valence-electron chi connectivity index (χ3n) is 5.19. The van der Waals surface area contributed by atoms with Crippen LogP contribution in [0.2, 0.25) is 0 Å². The van der Waals surface area contributed by atoms with Crippen molar-refractivity contribution in [2.24, 2.45) is 0 Å². The standard InChI is InChI=1S/C24H23FN6O3/c1-34-14-13-27-24(33)23(17-9-11-26-12-10-17)31(19-6-4-5-18(25)15-19)22(32)16-30-21-8-3-2-7-20(21)28-29-30/h2-12,15,23H,13-14,16H2,1H3,(H,27,33)/t23-/m1/s1. The van der Waals surface area contributed by atoms with Gasteiger partial charge in [-0.05, 0) is 48.0 Å². The van der Waals surface area contributed by atoms with Crippen LogP contribution in [0.15, 0.2) is 73.1 Å². The van der Waals surface area contributed by atoms with E-state index >= 15 is 0 Å². The normalized spacial score (nSPS) is 11.8. The van der Waals surface area contributed by atoms with E-state index in [2.05, 4.69) is 20.6 Å². The van der Waals surface area contributed by atoms with E-state index in [-0.39, 0.29) is 18.8 Å². The topological polar surface area (TPSA) is 102 Å². The summed E-state index contributed by atoms with van der Waals surface area (Å²) in [5, 5.41) is 11.0. The van der Waals surface area contributed by atoms with Crippen LogP contribution in [0, 0.1) is 5.82 Å². The van der Waals surface area contributed by atoms with Gasteiger partial charge in [-0.2, -0.15) is 0 Å². The van der Waals surface area contributed by atoms with Crippen LogP contribution >= 0.6 is 0 Å². The number of nitrogens with one attached hydrogen (secondary N) is 1. The lowest BCUT2D eigenvalue weighted by Gasteiger charge is -2.31. The Kier molecular flexibility index (Phi) is 7.19. The van der Waals surface area contributed by atoms with Crippen molar-refractivity contribution < 1.29 is 18.7 Å². The molecule has 0 unspecified atom stereocenters. The minimum absolute atomic E-state index is 0.204. The highest BCUT2D eigenvalue weighted by molar-refractivity contribution is 6.01. The zero-order chi connectivity index (χ0) is 23.9. The second kappa shape index (κ2) is 10.6. The maximum Gasteiger partial charge on any atom is 0.249 e. The molecule has 2 amide bonds. The highest BCUT2D eigenvalue weighted by Gasteiger charge is 2.33. The van der Waals surface area contributed by atoms with E-state index in [9.17, 15) is 14.0 Å². The van der Waals surface area contributed by atoms with E-state index in [0.29, 0.717) is 23.2 Å². The van der Waals surface area contributed by atoms with Crippen LogP contribution < -0.4 is 10.2 Å². The van der Waals surface area contributed by atoms with Crippen LogP contribution in [0.1, 0.15) is 11.6 Å². The van der Waals surface area contributed by atoms with Gasteiger partial charge in [-0.15, -0.1) is 5.10 Å². The number of anilines is 1. The number of hydrogen-bond acceptors (Lipinski definition) is 6. The number of fused-ring (bicyclic) bond motifs is 1. The fourth-order valence-electron chi connectivity index (χ4n) is 3.64. The lowest BCUT2D eigenvalue weighted by molar-refractivity contribution is -0.127. The molecule has 0 saturated heterocycles. The summed E-state index contributed by atoms with van der Waals surface area (Å²) in [6.45, 7) is 0.341. The van der Waals surface area contributed by atoms with Gasteiger partial charge in [0.05, 0.1) is 12.1 Å². The molecular formula is C24H23FN6O3. The van der Waals surface area contributed by atoms with Crippen molar-refractivity contribution in [1.29, 1.82) is 0 Å². The molecule has 0 spiro atoms. The number of rotatable bonds is 9. The molecule has 0 aliphatic carbocycles. The largest absolute Gasteiger partial charge is 0.383 e. The molecule has 10 heteroatoms. The number of ether oxygens (including phenoxy) is 1. The van der Waals surface area contributed by atoms with Crippen LogP contribution in [0.5, 0.6) is 0 Å². The zero-order valence-corrected chi connectivity index (χ0v) is 18.5. The average molecular weight is 462 g/mol. The molecule has 4 aromatic rings. The number of hydrogen-bond donors (Lipinski definition) is 1. The number of carbonyl (C=O) groups excluding carboxylic acids is 2. The van der Waals surface area contributed by atoms with Crippen molar-refractivity contribution in [1.82, 2.24) is 25.3 Å². The van der Waals surface area contributed by atoms with Gasteiger partial charge in [-0.3, -0.25) is 19.5 Å². The molecule has 174 valence electrons. The van der Waals surface area contributed by atoms with Crippen molar-refractivity contribution in [3.8, 4) is 0 Å². The Morgan fingerprint density at radius 3 is 2.68 bits per heavy atom. The van der Waals surface area contributed by atoms with E-state index in [1.165, 1.54) is 47.3 Å². The molecule has 1 atom stereocenters. The average Bonchev–Trinajstić information content (AvgIpc) is 3.25. The first-order chi connectivity index (χ1) is 16.6. The molecule has 2 heterocycles. The van der Waals surface area contributed by atoms with Gasteiger partial charge >= 0.3 is 0 Å². The molecule has 0 aliphatic heterocycles. The lowest BCUT2D eigenvalue weighted by Crippen LogP contribution is -2.46. The minimum atomic E-state index is -1.08. The first-order valence-corrected chi connectivity index (χ1v) is 10.6. The highest BCUT2D eigenvalue weighted by atomic mass is 19.1. The minimum Gasteiger partial charge on any atom is -0.383 e. The van der Waals surface area contributed by atoms with E-state index in [0.717, 1.165) is 0 Å². The maximum absolute atomic E-state index is 14.2. The van der Waals surface area contributed by atoms with Crippen molar-refractivity contribution in [2.45, 2.75) is 12.6 Å². The molecule has 1 N–H and O–H groups in total. The van der Waals surface area contributed by atoms with Gasteiger partial charge in [0.1, 0.15) is 23.9 Å². The van der Waals surface area contributed by atoms with E-state index < -0.39 is 23.7 Å². The summed E-state index contributed by atoms with van der Waals surface area (Å²) in [7, 11) is 1.53. The van der Waals surface area contributed by atoms with Gasteiger partial charge in [0, 0.05) is 31.7 Å². The number of amides is 2. The number of pyridine rings is 1. The second-order valence-corrected chi connectivity index (χ2v) is 7.45. The molecule has 4 rings (SSSR count). The van der Waals surface area contributed by atoms with Crippen molar-refractivity contribution in [2.75, 3.05) is 25.2 Å². The molecule has 0 aliphatic rings. The van der Waals surface area contributed by atoms with Crippen LogP contribution in [0.4, 0.5) is 10.1 Å². The predicted octanol–water partition coefficient (Wildman–Crippen LogP) is 2.50. The molecule has 0 radical (unpaired) electrons. The zero-order valence-electron chi connectivity index (χ0n) is 18.5. The highest BCUT2D eigenvalue weighted by Crippen LogP contribution is 2.29. The van der Waals surface area contributed by atoms with Gasteiger partial charge < -0.3 is 10.1 Å². The Morgan fingerprint density at radius 1 is 1.12 bits per heavy atom. The monoisotopic (exact) mass is 462 g/mol. The van der Waals surface area contributed by atoms with Gasteiger partial charge in [0.15, 0.2) is 0 Å². The maximum atomic E-state index is 14.2. The van der Waals surface area contributed by atoms with Crippen molar-refractivity contribution in [3.63, 3.8) is 0 Å². The fourth-order valence-corrected chi connectivity index (χ4v) is 3.64. The number of benzene rings is 2. The van der Waals surface area contributed by atoms with E-state index in [4.69, 9.17) is 4.74 Å². The summed E-state index contributed by atoms with van der Waals surface area (Å²) >= 11 is 0. The molecule has 9 nitrogen and oxygen atoms in total.